The van der Waals surface area contributed by atoms with Gasteiger partial charge >= 0.3 is 16.5 Å². The minimum Gasteiger partial charge on any atom is -0.756 e. The number of rotatable bonds is 28. The molecule has 0 aliphatic heterocycles. The Bertz CT molecular complexity index is 482. The summed E-state index contributed by atoms with van der Waals surface area (Å²) in [7, 11) is -8.11. The zero-order valence-corrected chi connectivity index (χ0v) is 28.2. The summed E-state index contributed by atoms with van der Waals surface area (Å²) in [6.45, 7) is 9.60. The Balaban J connectivity index is -0.000000648. The van der Waals surface area contributed by atoms with Crippen molar-refractivity contribution in [2.24, 2.45) is 0 Å². The Labute approximate surface area is 251 Å². The fourth-order valence-electron chi connectivity index (χ4n) is 3.60. The maximum atomic E-state index is 11.4. The van der Waals surface area contributed by atoms with E-state index in [4.69, 9.17) is 18.1 Å². The molecule has 0 bridgehead atoms. The maximum Gasteiger partial charge on any atom is 2.00 e. The minimum absolute atomic E-state index is 0. The van der Waals surface area contributed by atoms with Crippen molar-refractivity contribution in [3.8, 4) is 0 Å². The topological polar surface area (TPSA) is 117 Å². The van der Waals surface area contributed by atoms with Crippen LogP contribution in [0.5, 0.6) is 0 Å². The predicted molar refractivity (Wildman–Crippen MR) is 154 cm³/mol. The monoisotopic (exact) mass is 644 g/mol. The number of unbranched alkanes of at least 4 members (excludes halogenated alkanes) is 16. The first-order valence-corrected chi connectivity index (χ1v) is 18.4. The molecule has 0 aromatic rings. The van der Waals surface area contributed by atoms with E-state index < -0.39 is 15.6 Å². The Morgan fingerprint density at radius 1 is 0.385 bits per heavy atom. The summed E-state index contributed by atoms with van der Waals surface area (Å²) in [6.07, 6.45) is 21.3. The average molecular weight is 645 g/mol. The molecule has 0 amide bonds. The Hall–Kier alpha value is 0.714. The summed E-state index contributed by atoms with van der Waals surface area (Å²) in [6, 6.07) is 0. The third kappa shape index (κ3) is 38.7. The Kier molecular flexibility index (Phi) is 37.6. The number of hydrogen-bond donors (Lipinski definition) is 0. The third-order valence-electron chi connectivity index (χ3n) is 5.99. The van der Waals surface area contributed by atoms with Gasteiger partial charge in [0.25, 0.3) is 15.6 Å². The van der Waals surface area contributed by atoms with Crippen molar-refractivity contribution in [1.82, 2.24) is 0 Å². The van der Waals surface area contributed by atoms with Gasteiger partial charge in [0.05, 0.1) is 26.4 Å². The molecule has 0 aromatic carbocycles. The first-order chi connectivity index (χ1) is 18.2. The average Bonchev–Trinajstić information content (AvgIpc) is 2.88. The molecular formula is C28H60NiO8P2. The van der Waals surface area contributed by atoms with Crippen LogP contribution in [0.15, 0.2) is 0 Å². The Morgan fingerprint density at radius 2 is 0.564 bits per heavy atom. The molecule has 0 fully saturated rings. The van der Waals surface area contributed by atoms with Crippen molar-refractivity contribution in [3.63, 3.8) is 0 Å². The van der Waals surface area contributed by atoms with Crippen molar-refractivity contribution >= 4 is 15.6 Å². The molecule has 0 spiro atoms. The summed E-state index contributed by atoms with van der Waals surface area (Å²) in [4.78, 5) is 22.8. The summed E-state index contributed by atoms with van der Waals surface area (Å²) < 4.78 is 42.0. The fourth-order valence-corrected chi connectivity index (χ4v) is 5.16. The molecule has 0 rings (SSSR count). The summed E-state index contributed by atoms with van der Waals surface area (Å²) in [5.74, 6) is 0. The smallest absolute Gasteiger partial charge is 0.756 e. The van der Waals surface area contributed by atoms with E-state index in [1.54, 1.807) is 0 Å². The second-order valence-electron chi connectivity index (χ2n) is 9.88. The molecule has 11 heteroatoms. The van der Waals surface area contributed by atoms with E-state index in [0.29, 0.717) is 0 Å². The van der Waals surface area contributed by atoms with Crippen LogP contribution in [0.3, 0.4) is 0 Å². The van der Waals surface area contributed by atoms with Gasteiger partial charge in [-0.15, -0.1) is 0 Å². The van der Waals surface area contributed by atoms with Crippen molar-refractivity contribution in [2.45, 2.75) is 156 Å². The van der Waals surface area contributed by atoms with E-state index in [2.05, 4.69) is 27.7 Å². The maximum absolute atomic E-state index is 11.4. The van der Waals surface area contributed by atoms with Crippen LogP contribution in [0.25, 0.3) is 0 Å². The first kappa shape index (κ1) is 44.2. The van der Waals surface area contributed by atoms with Gasteiger partial charge in [-0.2, -0.15) is 0 Å². The predicted octanol–water partition coefficient (Wildman–Crippen LogP) is 8.86. The molecule has 0 saturated heterocycles. The standard InChI is InChI=1S/2C14H31O4P.Ni/c2*1-3-5-7-9-11-13-17-19(15,16)18-14-12-10-8-6-4-2;/h2*3-14H2,1-2H3,(H,15,16);/q;;+2/p-2. The van der Waals surface area contributed by atoms with Crippen LogP contribution in [0.1, 0.15) is 156 Å². The van der Waals surface area contributed by atoms with Gasteiger partial charge in [0.15, 0.2) is 0 Å². The molecule has 240 valence electrons. The second kappa shape index (κ2) is 33.2. The SMILES string of the molecule is CCCCCCCOP(=O)([O-])OCCCCCCC.CCCCCCCOP(=O)([O-])OCCCCCCC.[Ni+2]. The van der Waals surface area contributed by atoms with E-state index in [1.807, 2.05) is 0 Å². The molecule has 0 aromatic heterocycles. The second-order valence-corrected chi connectivity index (χ2v) is 12.7. The van der Waals surface area contributed by atoms with Gasteiger partial charge in [0.2, 0.25) is 0 Å². The van der Waals surface area contributed by atoms with Crippen LogP contribution in [0.2, 0.25) is 0 Å². The van der Waals surface area contributed by atoms with Crippen molar-refractivity contribution < 1.29 is 53.5 Å². The van der Waals surface area contributed by atoms with Crippen LogP contribution >= 0.6 is 15.6 Å². The van der Waals surface area contributed by atoms with Crippen LogP contribution in [0.4, 0.5) is 0 Å². The fraction of sp³-hybridized carbons (Fsp3) is 1.00. The molecule has 0 atom stereocenters. The molecule has 39 heavy (non-hydrogen) atoms. The van der Waals surface area contributed by atoms with E-state index in [9.17, 15) is 18.9 Å². The normalized spacial score (nSPS) is 11.6. The molecule has 0 N–H and O–H groups in total. The molecular weight excluding hydrogens is 585 g/mol. The van der Waals surface area contributed by atoms with Crippen LogP contribution < -0.4 is 9.79 Å². The third-order valence-corrected chi connectivity index (χ3v) is 7.98. The van der Waals surface area contributed by atoms with Gasteiger partial charge in [-0.25, -0.2) is 0 Å². The van der Waals surface area contributed by atoms with Crippen LogP contribution in [0, 0.1) is 0 Å². The minimum atomic E-state index is -4.05. The van der Waals surface area contributed by atoms with E-state index in [0.717, 1.165) is 77.0 Å². The molecule has 0 radical (unpaired) electrons. The van der Waals surface area contributed by atoms with E-state index >= 15 is 0 Å². The van der Waals surface area contributed by atoms with Gasteiger partial charge in [0, 0.05) is 0 Å². The van der Waals surface area contributed by atoms with Gasteiger partial charge in [-0.05, 0) is 25.7 Å². The summed E-state index contributed by atoms with van der Waals surface area (Å²) in [5, 5.41) is 0. The van der Waals surface area contributed by atoms with Crippen molar-refractivity contribution in [1.29, 1.82) is 0 Å². The van der Waals surface area contributed by atoms with Crippen LogP contribution in [-0.4, -0.2) is 26.4 Å². The summed E-state index contributed by atoms with van der Waals surface area (Å²) >= 11 is 0. The molecule has 8 nitrogen and oxygen atoms in total. The number of hydrogen-bond acceptors (Lipinski definition) is 8. The molecule has 0 heterocycles. The van der Waals surface area contributed by atoms with Gasteiger partial charge in [-0.1, -0.05) is 130 Å². The van der Waals surface area contributed by atoms with Crippen LogP contribution in [-0.2, 0) is 43.7 Å². The van der Waals surface area contributed by atoms with E-state index in [1.165, 1.54) is 51.4 Å². The van der Waals surface area contributed by atoms with Crippen molar-refractivity contribution in [3.05, 3.63) is 0 Å². The van der Waals surface area contributed by atoms with Gasteiger partial charge < -0.3 is 27.9 Å². The molecule has 0 aliphatic rings. The molecule has 0 unspecified atom stereocenters. The first-order valence-electron chi connectivity index (χ1n) is 15.4. The zero-order chi connectivity index (χ0) is 28.8. The van der Waals surface area contributed by atoms with Crippen molar-refractivity contribution in [2.75, 3.05) is 26.4 Å². The Morgan fingerprint density at radius 3 is 0.744 bits per heavy atom. The molecule has 0 aliphatic carbocycles. The number of phosphoric ester groups is 2. The van der Waals surface area contributed by atoms with E-state index in [-0.39, 0.29) is 42.9 Å². The molecule has 0 saturated carbocycles. The van der Waals surface area contributed by atoms with Gasteiger partial charge in [-0.3, -0.25) is 9.13 Å². The largest absolute Gasteiger partial charge is 2.00 e. The zero-order valence-electron chi connectivity index (χ0n) is 25.4. The summed E-state index contributed by atoms with van der Waals surface area (Å²) in [5.41, 5.74) is 0. The van der Waals surface area contributed by atoms with Gasteiger partial charge in [0.1, 0.15) is 0 Å². The number of phosphoric acid groups is 2. The quantitative estimate of drug-likeness (QED) is 0.0471.